The molecule has 1 aromatic heterocycles. The molecule has 0 bridgehead atoms. The van der Waals surface area contributed by atoms with E-state index in [0.717, 1.165) is 6.20 Å². The summed E-state index contributed by atoms with van der Waals surface area (Å²) in [6.45, 7) is 0.971. The second kappa shape index (κ2) is 2.84. The molecule has 0 saturated carbocycles. The molecular weight excluding hydrogens is 149 g/mol. The van der Waals surface area contributed by atoms with Gasteiger partial charge in [0.25, 0.3) is 0 Å². The molecule has 0 unspecified atom stereocenters. The van der Waals surface area contributed by atoms with Crippen molar-refractivity contribution in [3.05, 3.63) is 23.3 Å². The Morgan fingerprint density at radius 3 is 2.82 bits per heavy atom. The van der Waals surface area contributed by atoms with Crippen LogP contribution in [0.15, 0.2) is 6.20 Å². The van der Waals surface area contributed by atoms with Crippen LogP contribution in [-0.4, -0.2) is 15.2 Å². The standard InChI is InChI=1S/C7H8FNO2/c1-4-6(11)2-9-5(3-10)7(4)8/h2,10-11H,3H2,1H3. The zero-order chi connectivity index (χ0) is 8.43. The molecule has 0 atom stereocenters. The quantitative estimate of drug-likeness (QED) is 0.631. The van der Waals surface area contributed by atoms with Gasteiger partial charge in [-0.2, -0.15) is 0 Å². The molecule has 0 aromatic carbocycles. The van der Waals surface area contributed by atoms with Gasteiger partial charge < -0.3 is 10.2 Å². The van der Waals surface area contributed by atoms with Gasteiger partial charge in [0.05, 0.1) is 12.8 Å². The first-order valence-corrected chi connectivity index (χ1v) is 3.10. The van der Waals surface area contributed by atoms with E-state index in [9.17, 15) is 4.39 Å². The van der Waals surface area contributed by atoms with Gasteiger partial charge in [-0.3, -0.25) is 4.98 Å². The Labute approximate surface area is 63.1 Å². The molecule has 0 radical (unpaired) electrons. The summed E-state index contributed by atoms with van der Waals surface area (Å²) in [7, 11) is 0. The molecule has 11 heavy (non-hydrogen) atoms. The number of hydrogen-bond acceptors (Lipinski definition) is 3. The average molecular weight is 157 g/mol. The van der Waals surface area contributed by atoms with Gasteiger partial charge in [-0.25, -0.2) is 4.39 Å². The summed E-state index contributed by atoms with van der Waals surface area (Å²) in [6.07, 6.45) is 1.12. The van der Waals surface area contributed by atoms with Gasteiger partial charge in [-0.15, -0.1) is 0 Å². The van der Waals surface area contributed by atoms with Crippen LogP contribution in [0, 0.1) is 12.7 Å². The van der Waals surface area contributed by atoms with Crippen LogP contribution >= 0.6 is 0 Å². The van der Waals surface area contributed by atoms with Gasteiger partial charge >= 0.3 is 0 Å². The summed E-state index contributed by atoms with van der Waals surface area (Å²) < 4.78 is 12.9. The number of aromatic nitrogens is 1. The van der Waals surface area contributed by atoms with E-state index >= 15 is 0 Å². The van der Waals surface area contributed by atoms with Gasteiger partial charge in [-0.05, 0) is 6.92 Å². The number of halogens is 1. The van der Waals surface area contributed by atoms with Crippen LogP contribution in [0.3, 0.4) is 0 Å². The topological polar surface area (TPSA) is 53.4 Å². The fourth-order valence-corrected chi connectivity index (χ4v) is 0.732. The van der Waals surface area contributed by atoms with E-state index in [1.165, 1.54) is 6.92 Å². The smallest absolute Gasteiger partial charge is 0.153 e. The van der Waals surface area contributed by atoms with Crippen LogP contribution in [0.2, 0.25) is 0 Å². The van der Waals surface area contributed by atoms with Crippen molar-refractivity contribution in [2.24, 2.45) is 0 Å². The summed E-state index contributed by atoms with van der Waals surface area (Å²) in [5.74, 6) is -0.841. The fraction of sp³-hybridized carbons (Fsp3) is 0.286. The monoisotopic (exact) mass is 157 g/mol. The van der Waals surface area contributed by atoms with Gasteiger partial charge in [0.2, 0.25) is 0 Å². The van der Waals surface area contributed by atoms with Crippen molar-refractivity contribution in [2.75, 3.05) is 0 Å². The van der Waals surface area contributed by atoms with E-state index < -0.39 is 12.4 Å². The van der Waals surface area contributed by atoms with Crippen LogP contribution in [-0.2, 0) is 6.61 Å². The third kappa shape index (κ3) is 1.30. The molecule has 4 heteroatoms. The van der Waals surface area contributed by atoms with E-state index in [4.69, 9.17) is 10.2 Å². The molecule has 60 valence electrons. The van der Waals surface area contributed by atoms with Crippen molar-refractivity contribution in [2.45, 2.75) is 13.5 Å². The van der Waals surface area contributed by atoms with Gasteiger partial charge in [-0.1, -0.05) is 0 Å². The Balaban J connectivity index is 3.25. The van der Waals surface area contributed by atoms with Crippen LogP contribution in [0.5, 0.6) is 5.75 Å². The lowest BCUT2D eigenvalue weighted by atomic mass is 10.2. The lowest BCUT2D eigenvalue weighted by molar-refractivity contribution is 0.269. The zero-order valence-electron chi connectivity index (χ0n) is 6.00. The minimum atomic E-state index is -0.646. The Bertz CT molecular complexity index is 275. The summed E-state index contributed by atoms with van der Waals surface area (Å²) in [5.41, 5.74) is 0.0735. The van der Waals surface area contributed by atoms with Gasteiger partial charge in [0, 0.05) is 5.56 Å². The third-order valence-corrected chi connectivity index (χ3v) is 1.46. The van der Waals surface area contributed by atoms with Gasteiger partial charge in [0.15, 0.2) is 5.82 Å². The number of rotatable bonds is 1. The number of aromatic hydroxyl groups is 1. The Hall–Kier alpha value is -1.16. The number of aliphatic hydroxyl groups excluding tert-OH is 1. The Kier molecular flexibility index (Phi) is 2.05. The molecule has 1 aromatic rings. The normalized spacial score (nSPS) is 10.1. The maximum atomic E-state index is 12.9. The predicted octanol–water partition coefficient (Wildman–Crippen LogP) is 0.727. The van der Waals surface area contributed by atoms with Crippen LogP contribution in [0.1, 0.15) is 11.3 Å². The summed E-state index contributed by atoms with van der Waals surface area (Å²) in [4.78, 5) is 3.48. The highest BCUT2D eigenvalue weighted by Gasteiger charge is 2.08. The molecule has 2 N–H and O–H groups in total. The molecule has 3 nitrogen and oxygen atoms in total. The van der Waals surface area contributed by atoms with Crippen molar-refractivity contribution in [3.8, 4) is 5.75 Å². The minimum Gasteiger partial charge on any atom is -0.506 e. The first kappa shape index (κ1) is 7.94. The Morgan fingerprint density at radius 2 is 2.27 bits per heavy atom. The first-order valence-electron chi connectivity index (χ1n) is 3.10. The van der Waals surface area contributed by atoms with Crippen molar-refractivity contribution in [3.63, 3.8) is 0 Å². The largest absolute Gasteiger partial charge is 0.506 e. The molecular formula is C7H8FNO2. The lowest BCUT2D eigenvalue weighted by Crippen LogP contribution is -1.96. The SMILES string of the molecule is Cc1c(O)cnc(CO)c1F. The van der Waals surface area contributed by atoms with Gasteiger partial charge in [0.1, 0.15) is 11.4 Å². The number of aliphatic hydroxyl groups is 1. The highest BCUT2D eigenvalue weighted by molar-refractivity contribution is 5.31. The molecule has 0 spiro atoms. The van der Waals surface area contributed by atoms with Crippen LogP contribution < -0.4 is 0 Å². The van der Waals surface area contributed by atoms with Crippen LogP contribution in [0.4, 0.5) is 4.39 Å². The van der Waals surface area contributed by atoms with Crippen molar-refractivity contribution in [1.29, 1.82) is 0 Å². The fourth-order valence-electron chi connectivity index (χ4n) is 0.732. The highest BCUT2D eigenvalue weighted by Crippen LogP contribution is 2.19. The molecule has 0 aliphatic carbocycles. The maximum absolute atomic E-state index is 12.9. The third-order valence-electron chi connectivity index (χ3n) is 1.46. The second-order valence-corrected chi connectivity index (χ2v) is 2.19. The van der Waals surface area contributed by atoms with Crippen LogP contribution in [0.25, 0.3) is 0 Å². The molecule has 0 fully saturated rings. The predicted molar refractivity (Wildman–Crippen MR) is 36.5 cm³/mol. The van der Waals surface area contributed by atoms with E-state index in [-0.39, 0.29) is 17.0 Å². The van der Waals surface area contributed by atoms with E-state index in [1.807, 2.05) is 0 Å². The summed E-state index contributed by atoms with van der Waals surface area (Å²) in [6, 6.07) is 0. The molecule has 1 rings (SSSR count). The minimum absolute atomic E-state index is 0.0414. The molecule has 0 amide bonds. The average Bonchev–Trinajstić information content (AvgIpc) is 2.01. The van der Waals surface area contributed by atoms with E-state index in [2.05, 4.69) is 4.98 Å². The lowest BCUT2D eigenvalue weighted by Gasteiger charge is -2.02. The highest BCUT2D eigenvalue weighted by atomic mass is 19.1. The number of pyridine rings is 1. The van der Waals surface area contributed by atoms with E-state index in [1.54, 1.807) is 0 Å². The second-order valence-electron chi connectivity index (χ2n) is 2.19. The van der Waals surface area contributed by atoms with Crippen molar-refractivity contribution < 1.29 is 14.6 Å². The number of nitrogens with zero attached hydrogens (tertiary/aromatic N) is 1. The zero-order valence-corrected chi connectivity index (χ0v) is 6.00. The van der Waals surface area contributed by atoms with Crippen molar-refractivity contribution >= 4 is 0 Å². The summed E-state index contributed by atoms with van der Waals surface area (Å²) in [5, 5.41) is 17.5. The number of hydrogen-bond donors (Lipinski definition) is 2. The molecule has 0 aliphatic heterocycles. The molecule has 1 heterocycles. The van der Waals surface area contributed by atoms with Crippen molar-refractivity contribution in [1.82, 2.24) is 4.98 Å². The first-order chi connectivity index (χ1) is 5.16. The summed E-state index contributed by atoms with van der Waals surface area (Å²) >= 11 is 0. The molecule has 0 saturated heterocycles. The maximum Gasteiger partial charge on any atom is 0.153 e. The van der Waals surface area contributed by atoms with E-state index in [0.29, 0.717) is 0 Å². The molecule has 0 aliphatic rings. The Morgan fingerprint density at radius 1 is 1.64 bits per heavy atom.